The maximum atomic E-state index is 12.1. The van der Waals surface area contributed by atoms with Gasteiger partial charge in [-0.15, -0.1) is 0 Å². The first kappa shape index (κ1) is 14.1. The SMILES string of the molecule is CC[C@@H]1CCN([C@@H](C)c2ccccc2)[C@@H]1C(=O)OC. The van der Waals surface area contributed by atoms with Crippen molar-refractivity contribution in [1.29, 1.82) is 0 Å². The molecule has 1 aromatic rings. The summed E-state index contributed by atoms with van der Waals surface area (Å²) in [5, 5.41) is 0. The van der Waals surface area contributed by atoms with E-state index >= 15 is 0 Å². The van der Waals surface area contributed by atoms with Gasteiger partial charge in [-0.05, 0) is 31.4 Å². The van der Waals surface area contributed by atoms with Crippen molar-refractivity contribution in [3.8, 4) is 0 Å². The van der Waals surface area contributed by atoms with Crippen LogP contribution in [0.25, 0.3) is 0 Å². The minimum Gasteiger partial charge on any atom is -0.468 e. The summed E-state index contributed by atoms with van der Waals surface area (Å²) in [6, 6.07) is 10.5. The van der Waals surface area contributed by atoms with Crippen molar-refractivity contribution in [3.63, 3.8) is 0 Å². The van der Waals surface area contributed by atoms with E-state index in [1.807, 2.05) is 18.2 Å². The Morgan fingerprint density at radius 3 is 2.68 bits per heavy atom. The lowest BCUT2D eigenvalue weighted by Crippen LogP contribution is -2.41. The molecular weight excluding hydrogens is 238 g/mol. The van der Waals surface area contributed by atoms with Crippen molar-refractivity contribution in [1.82, 2.24) is 4.90 Å². The van der Waals surface area contributed by atoms with Crippen LogP contribution in [0.2, 0.25) is 0 Å². The van der Waals surface area contributed by atoms with Gasteiger partial charge in [0.15, 0.2) is 0 Å². The molecule has 1 heterocycles. The molecule has 3 heteroatoms. The van der Waals surface area contributed by atoms with Crippen LogP contribution in [0.15, 0.2) is 30.3 Å². The van der Waals surface area contributed by atoms with Crippen LogP contribution in [0.1, 0.15) is 38.3 Å². The van der Waals surface area contributed by atoms with Gasteiger partial charge >= 0.3 is 5.97 Å². The Bertz CT molecular complexity index is 418. The van der Waals surface area contributed by atoms with E-state index < -0.39 is 0 Å². The molecule has 0 bridgehead atoms. The van der Waals surface area contributed by atoms with Crippen LogP contribution in [0.4, 0.5) is 0 Å². The van der Waals surface area contributed by atoms with Gasteiger partial charge in [-0.2, -0.15) is 0 Å². The van der Waals surface area contributed by atoms with E-state index in [0.29, 0.717) is 5.92 Å². The smallest absolute Gasteiger partial charge is 0.323 e. The van der Waals surface area contributed by atoms with E-state index in [2.05, 4.69) is 30.9 Å². The van der Waals surface area contributed by atoms with Crippen LogP contribution in [0.3, 0.4) is 0 Å². The molecule has 3 nitrogen and oxygen atoms in total. The van der Waals surface area contributed by atoms with Gasteiger partial charge in [0.25, 0.3) is 0 Å². The molecule has 0 unspecified atom stereocenters. The molecule has 1 saturated heterocycles. The second-order valence-electron chi connectivity index (χ2n) is 5.25. The Hall–Kier alpha value is -1.35. The van der Waals surface area contributed by atoms with Crippen LogP contribution in [0.5, 0.6) is 0 Å². The lowest BCUT2D eigenvalue weighted by atomic mass is 9.96. The number of hydrogen-bond donors (Lipinski definition) is 0. The highest BCUT2D eigenvalue weighted by atomic mass is 16.5. The molecule has 0 aromatic heterocycles. The van der Waals surface area contributed by atoms with E-state index in [4.69, 9.17) is 4.74 Å². The van der Waals surface area contributed by atoms with Gasteiger partial charge in [-0.25, -0.2) is 0 Å². The van der Waals surface area contributed by atoms with E-state index in [1.54, 1.807) is 0 Å². The summed E-state index contributed by atoms with van der Waals surface area (Å²) in [6.45, 7) is 5.29. The van der Waals surface area contributed by atoms with Crippen LogP contribution >= 0.6 is 0 Å². The molecule has 3 atom stereocenters. The highest BCUT2D eigenvalue weighted by molar-refractivity contribution is 5.76. The van der Waals surface area contributed by atoms with Crippen LogP contribution in [0, 0.1) is 5.92 Å². The molecule has 1 fully saturated rings. The van der Waals surface area contributed by atoms with Gasteiger partial charge in [0, 0.05) is 6.04 Å². The Kier molecular flexibility index (Phi) is 4.59. The number of methoxy groups -OCH3 is 1. The van der Waals surface area contributed by atoms with Crippen LogP contribution in [-0.4, -0.2) is 30.6 Å². The Morgan fingerprint density at radius 1 is 1.42 bits per heavy atom. The molecule has 0 amide bonds. The minimum atomic E-state index is -0.0924. The average molecular weight is 261 g/mol. The molecule has 19 heavy (non-hydrogen) atoms. The molecular formula is C16H23NO2. The van der Waals surface area contributed by atoms with Crippen LogP contribution < -0.4 is 0 Å². The van der Waals surface area contributed by atoms with Gasteiger partial charge in [0.2, 0.25) is 0 Å². The Morgan fingerprint density at radius 2 is 2.11 bits per heavy atom. The summed E-state index contributed by atoms with van der Waals surface area (Å²) >= 11 is 0. The minimum absolute atomic E-state index is 0.0906. The summed E-state index contributed by atoms with van der Waals surface area (Å²) in [6.07, 6.45) is 2.10. The van der Waals surface area contributed by atoms with E-state index in [1.165, 1.54) is 12.7 Å². The molecule has 0 saturated carbocycles. The zero-order chi connectivity index (χ0) is 13.8. The second-order valence-corrected chi connectivity index (χ2v) is 5.25. The molecule has 2 rings (SSSR count). The fraction of sp³-hybridized carbons (Fsp3) is 0.562. The second kappa shape index (κ2) is 6.20. The van der Waals surface area contributed by atoms with Crippen LogP contribution in [-0.2, 0) is 9.53 Å². The number of carbonyl (C=O) groups is 1. The van der Waals surface area contributed by atoms with E-state index in [9.17, 15) is 4.79 Å². The van der Waals surface area contributed by atoms with Crippen molar-refractivity contribution in [2.45, 2.75) is 38.8 Å². The Labute approximate surface area is 115 Å². The van der Waals surface area contributed by atoms with Gasteiger partial charge in [-0.1, -0.05) is 43.7 Å². The third-order valence-corrected chi connectivity index (χ3v) is 4.31. The average Bonchev–Trinajstić information content (AvgIpc) is 2.90. The molecule has 104 valence electrons. The molecule has 1 aromatic carbocycles. The fourth-order valence-corrected chi connectivity index (χ4v) is 3.12. The quantitative estimate of drug-likeness (QED) is 0.780. The third-order valence-electron chi connectivity index (χ3n) is 4.31. The number of hydrogen-bond acceptors (Lipinski definition) is 3. The van der Waals surface area contributed by atoms with E-state index in [0.717, 1.165) is 19.4 Å². The lowest BCUT2D eigenvalue weighted by molar-refractivity contribution is -0.148. The van der Waals surface area contributed by atoms with Gasteiger partial charge in [-0.3, -0.25) is 9.69 Å². The van der Waals surface area contributed by atoms with Crippen molar-refractivity contribution in [3.05, 3.63) is 35.9 Å². The molecule has 0 radical (unpaired) electrons. The van der Waals surface area contributed by atoms with Crippen molar-refractivity contribution in [2.75, 3.05) is 13.7 Å². The summed E-state index contributed by atoms with van der Waals surface area (Å²) in [5.74, 6) is 0.325. The lowest BCUT2D eigenvalue weighted by Gasteiger charge is -2.31. The summed E-state index contributed by atoms with van der Waals surface area (Å²) in [4.78, 5) is 14.4. The normalized spacial score (nSPS) is 25.2. The number of ether oxygens (including phenoxy) is 1. The number of nitrogens with zero attached hydrogens (tertiary/aromatic N) is 1. The number of carbonyl (C=O) groups excluding carboxylic acids is 1. The topological polar surface area (TPSA) is 29.5 Å². The number of likely N-dealkylation sites (tertiary alicyclic amines) is 1. The molecule has 0 N–H and O–H groups in total. The molecule has 1 aliphatic heterocycles. The predicted octanol–water partition coefficient (Wildman–Crippen LogP) is 3.02. The molecule has 0 spiro atoms. The van der Waals surface area contributed by atoms with E-state index in [-0.39, 0.29) is 18.1 Å². The fourth-order valence-electron chi connectivity index (χ4n) is 3.12. The Balaban J connectivity index is 2.20. The molecule has 0 aliphatic carbocycles. The highest BCUT2D eigenvalue weighted by Crippen LogP contribution is 2.34. The van der Waals surface area contributed by atoms with Gasteiger partial charge in [0.1, 0.15) is 6.04 Å². The maximum Gasteiger partial charge on any atom is 0.323 e. The largest absolute Gasteiger partial charge is 0.468 e. The first-order valence-electron chi connectivity index (χ1n) is 7.07. The van der Waals surface area contributed by atoms with Crippen molar-refractivity contribution < 1.29 is 9.53 Å². The maximum absolute atomic E-state index is 12.1. The standard InChI is InChI=1S/C16H23NO2/c1-4-13-10-11-17(15(13)16(18)19-3)12(2)14-8-6-5-7-9-14/h5-9,12-13,15H,4,10-11H2,1-3H3/t12-,13+,15-/m0/s1. The monoisotopic (exact) mass is 261 g/mol. The number of benzene rings is 1. The number of esters is 1. The third kappa shape index (κ3) is 2.81. The predicted molar refractivity (Wildman–Crippen MR) is 75.8 cm³/mol. The van der Waals surface area contributed by atoms with Gasteiger partial charge < -0.3 is 4.74 Å². The summed E-state index contributed by atoms with van der Waals surface area (Å²) < 4.78 is 5.00. The summed E-state index contributed by atoms with van der Waals surface area (Å²) in [5.41, 5.74) is 1.26. The first-order valence-corrected chi connectivity index (χ1v) is 7.07. The first-order chi connectivity index (χ1) is 9.19. The zero-order valence-electron chi connectivity index (χ0n) is 12.0. The zero-order valence-corrected chi connectivity index (χ0v) is 12.0. The van der Waals surface area contributed by atoms with Crippen molar-refractivity contribution in [2.24, 2.45) is 5.92 Å². The summed E-state index contributed by atoms with van der Waals surface area (Å²) in [7, 11) is 1.48. The molecule has 1 aliphatic rings. The van der Waals surface area contributed by atoms with Crippen molar-refractivity contribution >= 4 is 5.97 Å². The van der Waals surface area contributed by atoms with Gasteiger partial charge in [0.05, 0.1) is 7.11 Å². The highest BCUT2D eigenvalue weighted by Gasteiger charge is 2.41. The number of rotatable bonds is 4.